The van der Waals surface area contributed by atoms with E-state index in [-0.39, 0.29) is 21.4 Å². The highest BCUT2D eigenvalue weighted by Crippen LogP contribution is 2.41. The summed E-state index contributed by atoms with van der Waals surface area (Å²) < 4.78 is 46.3. The Morgan fingerprint density at radius 2 is 1.83 bits per heavy atom. The Bertz CT molecular complexity index is 1000. The second-order valence-corrected chi connectivity index (χ2v) is 5.73. The van der Waals surface area contributed by atoms with Crippen LogP contribution in [-0.4, -0.2) is 6.18 Å². The van der Waals surface area contributed by atoms with Gasteiger partial charge in [0.1, 0.15) is 17.4 Å². The average Bonchev–Trinajstić information content (AvgIpc) is 3.06. The summed E-state index contributed by atoms with van der Waals surface area (Å²) in [5.41, 5.74) is -0.206. The molecule has 0 radical (unpaired) electrons. The van der Waals surface area contributed by atoms with Crippen LogP contribution in [0.2, 0.25) is 5.02 Å². The van der Waals surface area contributed by atoms with E-state index in [2.05, 4.69) is 4.99 Å². The topological polar surface area (TPSA) is 25.5 Å². The van der Waals surface area contributed by atoms with Gasteiger partial charge in [-0.2, -0.15) is 13.2 Å². The number of rotatable bonds is 1. The maximum Gasteiger partial charge on any atom is 0.415 e. The number of furan rings is 1. The highest BCUT2D eigenvalue weighted by atomic mass is 35.5. The summed E-state index contributed by atoms with van der Waals surface area (Å²) in [6, 6.07) is 11.8. The van der Waals surface area contributed by atoms with Gasteiger partial charge in [-0.3, -0.25) is 4.99 Å². The van der Waals surface area contributed by atoms with Gasteiger partial charge in [-0.25, -0.2) is 0 Å². The SMILES string of the molecule is FC(F)(F)C1=c2cc(Cl)ccc2=NC1c1cc2ccccc2o1. The zero-order valence-electron chi connectivity index (χ0n) is 11.6. The van der Waals surface area contributed by atoms with Gasteiger partial charge in [0, 0.05) is 15.6 Å². The molecule has 1 atom stereocenters. The lowest BCUT2D eigenvalue weighted by Crippen LogP contribution is -2.28. The first-order valence-corrected chi connectivity index (χ1v) is 7.24. The van der Waals surface area contributed by atoms with Gasteiger partial charge in [0.15, 0.2) is 0 Å². The molecule has 4 rings (SSSR count). The average molecular weight is 336 g/mol. The van der Waals surface area contributed by atoms with Crippen molar-refractivity contribution in [3.63, 3.8) is 0 Å². The van der Waals surface area contributed by atoms with Crippen LogP contribution in [0.5, 0.6) is 0 Å². The molecule has 2 heterocycles. The van der Waals surface area contributed by atoms with E-state index >= 15 is 0 Å². The molecule has 6 heteroatoms. The van der Waals surface area contributed by atoms with Crippen molar-refractivity contribution in [1.29, 1.82) is 0 Å². The summed E-state index contributed by atoms with van der Waals surface area (Å²) in [6.07, 6.45) is -4.52. The van der Waals surface area contributed by atoms with Crippen molar-refractivity contribution in [2.45, 2.75) is 12.2 Å². The van der Waals surface area contributed by atoms with Gasteiger partial charge >= 0.3 is 6.18 Å². The molecule has 3 aromatic rings. The Morgan fingerprint density at radius 1 is 1.04 bits per heavy atom. The minimum absolute atomic E-state index is 0.00968. The Labute approximate surface area is 133 Å². The van der Waals surface area contributed by atoms with E-state index in [1.54, 1.807) is 30.3 Å². The second-order valence-electron chi connectivity index (χ2n) is 5.29. The quantitative estimate of drug-likeness (QED) is 0.655. The van der Waals surface area contributed by atoms with Crippen LogP contribution in [0.4, 0.5) is 13.2 Å². The van der Waals surface area contributed by atoms with Crippen molar-refractivity contribution in [2.75, 3.05) is 0 Å². The minimum Gasteiger partial charge on any atom is -0.458 e. The third-order valence-corrected chi connectivity index (χ3v) is 4.04. The van der Waals surface area contributed by atoms with E-state index in [0.717, 1.165) is 5.39 Å². The molecule has 2 nitrogen and oxygen atoms in total. The second kappa shape index (κ2) is 4.86. The fourth-order valence-electron chi connectivity index (χ4n) is 2.84. The molecule has 1 aromatic heterocycles. The van der Waals surface area contributed by atoms with Crippen molar-refractivity contribution in [3.8, 4) is 0 Å². The van der Waals surface area contributed by atoms with Gasteiger partial charge in [0.2, 0.25) is 0 Å². The zero-order valence-corrected chi connectivity index (χ0v) is 12.3. The van der Waals surface area contributed by atoms with E-state index in [1.807, 2.05) is 0 Å². The van der Waals surface area contributed by atoms with Gasteiger partial charge in [-0.05, 0) is 30.3 Å². The number of nitrogens with zero attached hydrogens (tertiary/aromatic N) is 1. The molecule has 2 aromatic carbocycles. The molecule has 0 fully saturated rings. The normalized spacial score (nSPS) is 17.4. The van der Waals surface area contributed by atoms with Crippen molar-refractivity contribution >= 4 is 28.1 Å². The molecule has 0 saturated heterocycles. The zero-order chi connectivity index (χ0) is 16.2. The van der Waals surface area contributed by atoms with Crippen molar-refractivity contribution < 1.29 is 17.6 Å². The molecule has 0 aliphatic carbocycles. The molecule has 0 amide bonds. The van der Waals surface area contributed by atoms with Gasteiger partial charge in [-0.15, -0.1) is 0 Å². The van der Waals surface area contributed by atoms with E-state index in [4.69, 9.17) is 16.0 Å². The van der Waals surface area contributed by atoms with Crippen LogP contribution in [0.1, 0.15) is 11.8 Å². The van der Waals surface area contributed by atoms with Crippen molar-refractivity contribution in [1.82, 2.24) is 0 Å². The molecular formula is C17H9ClF3NO. The van der Waals surface area contributed by atoms with E-state index < -0.39 is 17.8 Å². The molecular weight excluding hydrogens is 327 g/mol. The third kappa shape index (κ3) is 2.32. The van der Waals surface area contributed by atoms with Crippen LogP contribution in [0.25, 0.3) is 16.5 Å². The van der Waals surface area contributed by atoms with Crippen LogP contribution in [0.3, 0.4) is 0 Å². The Morgan fingerprint density at radius 3 is 2.57 bits per heavy atom. The Balaban J connectivity index is 1.98. The fraction of sp³-hybridized carbons (Fsp3) is 0.118. The summed E-state index contributed by atoms with van der Waals surface area (Å²) in [7, 11) is 0. The number of halogens is 4. The number of fused-ring (bicyclic) bond motifs is 2. The standard InChI is InChI=1S/C17H9ClF3NO/c18-10-5-6-12-11(8-10)15(17(19,20)21)16(22-12)14-7-9-3-1-2-4-13(9)23-14/h1-8,16H. The summed E-state index contributed by atoms with van der Waals surface area (Å²) in [5, 5.41) is 1.27. The summed E-state index contributed by atoms with van der Waals surface area (Å²) in [5.74, 6) is 0.172. The first-order valence-electron chi connectivity index (χ1n) is 6.87. The highest BCUT2D eigenvalue weighted by Gasteiger charge is 2.43. The number of hydrogen-bond donors (Lipinski definition) is 0. The van der Waals surface area contributed by atoms with Gasteiger partial charge in [-0.1, -0.05) is 29.8 Å². The lowest BCUT2D eigenvalue weighted by Gasteiger charge is -2.14. The number of para-hydroxylation sites is 1. The summed E-state index contributed by atoms with van der Waals surface area (Å²) >= 11 is 5.85. The molecule has 23 heavy (non-hydrogen) atoms. The maximum atomic E-state index is 13.6. The Hall–Kier alpha value is -2.27. The third-order valence-electron chi connectivity index (χ3n) is 3.81. The lowest BCUT2D eigenvalue weighted by atomic mass is 10.0. The molecule has 0 spiro atoms. The summed E-state index contributed by atoms with van der Waals surface area (Å²) in [6.45, 7) is 0. The molecule has 0 saturated carbocycles. The van der Waals surface area contributed by atoms with Crippen LogP contribution in [0.15, 0.2) is 57.9 Å². The van der Waals surface area contributed by atoms with Crippen LogP contribution < -0.4 is 10.6 Å². The monoisotopic (exact) mass is 335 g/mol. The molecule has 1 aliphatic heterocycles. The Kier molecular flexibility index (Phi) is 3.03. The molecule has 0 N–H and O–H groups in total. The van der Waals surface area contributed by atoms with Gasteiger partial charge < -0.3 is 4.42 Å². The highest BCUT2D eigenvalue weighted by molar-refractivity contribution is 6.30. The van der Waals surface area contributed by atoms with Gasteiger partial charge in [0.25, 0.3) is 0 Å². The predicted octanol–water partition coefficient (Wildman–Crippen LogP) is 4.17. The predicted molar refractivity (Wildman–Crippen MR) is 80.7 cm³/mol. The molecule has 1 unspecified atom stereocenters. The largest absolute Gasteiger partial charge is 0.458 e. The van der Waals surface area contributed by atoms with Crippen LogP contribution in [0, 0.1) is 0 Å². The van der Waals surface area contributed by atoms with E-state index in [0.29, 0.717) is 5.58 Å². The lowest BCUT2D eigenvalue weighted by molar-refractivity contribution is -0.0738. The number of hydrogen-bond acceptors (Lipinski definition) is 2. The maximum absolute atomic E-state index is 13.6. The van der Waals surface area contributed by atoms with Crippen molar-refractivity contribution in [2.24, 2.45) is 4.99 Å². The smallest absolute Gasteiger partial charge is 0.415 e. The van der Waals surface area contributed by atoms with Gasteiger partial charge in [0.05, 0.1) is 10.9 Å². The molecule has 0 bridgehead atoms. The van der Waals surface area contributed by atoms with E-state index in [1.165, 1.54) is 18.2 Å². The molecule has 1 aliphatic rings. The summed E-state index contributed by atoms with van der Waals surface area (Å²) in [4.78, 5) is 4.20. The number of alkyl halides is 3. The number of benzene rings is 2. The van der Waals surface area contributed by atoms with E-state index in [9.17, 15) is 13.2 Å². The first-order chi connectivity index (χ1) is 10.9. The van der Waals surface area contributed by atoms with Crippen LogP contribution in [-0.2, 0) is 0 Å². The van der Waals surface area contributed by atoms with Crippen LogP contribution >= 0.6 is 11.6 Å². The fourth-order valence-corrected chi connectivity index (χ4v) is 3.01. The minimum atomic E-state index is -4.52. The van der Waals surface area contributed by atoms with Crippen molar-refractivity contribution in [3.05, 3.63) is 69.9 Å². The first kappa shape index (κ1) is 14.3. The molecule has 116 valence electrons.